The average Bonchev–Trinajstić information content (AvgIpc) is 3.37. The van der Waals surface area contributed by atoms with Crippen LogP contribution in [0.5, 0.6) is 11.5 Å². The third kappa shape index (κ3) is 12.6. The smallest absolute Gasteiger partial charge is 0.332 e. The highest BCUT2D eigenvalue weighted by atomic mass is 35.5. The van der Waals surface area contributed by atoms with Gasteiger partial charge in [0, 0.05) is 66.0 Å². The van der Waals surface area contributed by atoms with E-state index in [1.54, 1.807) is 57.2 Å². The molecule has 2 aliphatic heterocycles. The number of ketones is 1. The number of rotatable bonds is 7. The first-order valence-electron chi connectivity index (χ1n) is 18.0. The maximum Gasteiger partial charge on any atom is 0.332 e. The lowest BCUT2D eigenvalue weighted by molar-refractivity contribution is -0.140. The molecule has 0 aliphatic carbocycles. The van der Waals surface area contributed by atoms with Gasteiger partial charge in [-0.15, -0.1) is 0 Å². The van der Waals surface area contributed by atoms with E-state index < -0.39 is 35.3 Å². The van der Waals surface area contributed by atoms with Gasteiger partial charge in [-0.1, -0.05) is 60.5 Å². The molecule has 0 spiro atoms. The van der Waals surface area contributed by atoms with Gasteiger partial charge in [0.05, 0.1) is 36.3 Å². The average molecular weight is 871 g/mol. The minimum Gasteiger partial charge on any atom is -0.494 e. The molecular weight excluding hydrogens is 827 g/mol. The molecule has 0 aromatic heterocycles. The number of nitrogens with zero attached hydrogens (tertiary/aromatic N) is 3. The van der Waals surface area contributed by atoms with E-state index in [2.05, 4.69) is 15.6 Å². The number of benzene rings is 4. The second-order valence-electron chi connectivity index (χ2n) is 12.9. The van der Waals surface area contributed by atoms with Gasteiger partial charge >= 0.3 is 6.03 Å². The second-order valence-corrected chi connectivity index (χ2v) is 13.7. The van der Waals surface area contributed by atoms with Crippen molar-refractivity contribution in [2.45, 2.75) is 39.7 Å². The SMILES string of the molecule is CC(C)O.CCC(=O)Nc1cc(OC)c(F)cc1C(=O)c1ccccc1Cl.CN1C(=O)CC(=O)N(C)C1=O.COc1cc2c(cc1F)C(c1ccccc1Cl)=NCC(=O)N2. The molecule has 0 atom stereocenters. The van der Waals surface area contributed by atoms with Crippen LogP contribution in [-0.2, 0) is 19.2 Å². The van der Waals surface area contributed by atoms with E-state index in [9.17, 15) is 37.5 Å². The van der Waals surface area contributed by atoms with E-state index in [0.717, 1.165) is 15.9 Å². The number of aliphatic hydroxyl groups is 1. The summed E-state index contributed by atoms with van der Waals surface area (Å²) in [7, 11) is 5.38. The summed E-state index contributed by atoms with van der Waals surface area (Å²) in [5, 5.41) is 14.1. The number of hydrogen-bond donors (Lipinski definition) is 3. The Hall–Kier alpha value is -6.23. The number of urea groups is 1. The number of ether oxygens (including phenoxy) is 2. The van der Waals surface area contributed by atoms with Crippen LogP contribution in [0.2, 0.25) is 10.0 Å². The van der Waals surface area contributed by atoms with Crippen LogP contribution in [0.15, 0.2) is 77.8 Å². The van der Waals surface area contributed by atoms with E-state index >= 15 is 0 Å². The summed E-state index contributed by atoms with van der Waals surface area (Å²) in [4.78, 5) is 74.9. The van der Waals surface area contributed by atoms with E-state index in [-0.39, 0.29) is 70.6 Å². The lowest BCUT2D eigenvalue weighted by Gasteiger charge is -2.26. The number of anilines is 2. The highest BCUT2D eigenvalue weighted by Crippen LogP contribution is 2.32. The fourth-order valence-electron chi connectivity index (χ4n) is 5.15. The molecule has 318 valence electrons. The number of benzodiazepines with no additional fused rings is 1. The van der Waals surface area contributed by atoms with Gasteiger partial charge < -0.3 is 25.2 Å². The number of aliphatic imine (C=N–C) groups is 1. The van der Waals surface area contributed by atoms with Crippen molar-refractivity contribution < 1.29 is 52.1 Å². The van der Waals surface area contributed by atoms with Gasteiger partial charge in [0.15, 0.2) is 28.9 Å². The molecule has 6 amide bonds. The van der Waals surface area contributed by atoms with Crippen molar-refractivity contribution in [2.75, 3.05) is 45.5 Å². The summed E-state index contributed by atoms with van der Waals surface area (Å²) < 4.78 is 37.9. The number of aliphatic hydroxyl groups excluding tert-OH is 1. The Morgan fingerprint density at radius 3 is 1.92 bits per heavy atom. The van der Waals surface area contributed by atoms with Gasteiger partial charge in [-0.25, -0.2) is 13.6 Å². The highest BCUT2D eigenvalue weighted by molar-refractivity contribution is 6.36. The van der Waals surface area contributed by atoms with Gasteiger partial charge in [0.1, 0.15) is 13.0 Å². The summed E-state index contributed by atoms with van der Waals surface area (Å²) in [5.41, 5.74) is 2.45. The lowest BCUT2D eigenvalue weighted by atomic mass is 10.00. The molecule has 0 unspecified atom stereocenters. The number of amides is 6. The van der Waals surface area contributed by atoms with Crippen LogP contribution in [0.4, 0.5) is 25.0 Å². The molecule has 60 heavy (non-hydrogen) atoms. The number of halogens is 4. The largest absolute Gasteiger partial charge is 0.494 e. The minimum absolute atomic E-state index is 0.0122. The summed E-state index contributed by atoms with van der Waals surface area (Å²) in [6.07, 6.45) is -0.155. The van der Waals surface area contributed by atoms with Crippen molar-refractivity contribution in [3.05, 3.63) is 117 Å². The quantitative estimate of drug-likeness (QED) is 0.128. The van der Waals surface area contributed by atoms with Crippen LogP contribution >= 0.6 is 23.2 Å². The van der Waals surface area contributed by atoms with Gasteiger partial charge in [-0.3, -0.25) is 38.8 Å². The maximum absolute atomic E-state index is 14.1. The van der Waals surface area contributed by atoms with Gasteiger partial charge in [-0.2, -0.15) is 0 Å². The van der Waals surface area contributed by atoms with Crippen LogP contribution in [0, 0.1) is 11.6 Å². The predicted molar refractivity (Wildman–Crippen MR) is 223 cm³/mol. The van der Waals surface area contributed by atoms with Crippen LogP contribution in [-0.4, -0.2) is 97.0 Å². The molecule has 3 N–H and O–H groups in total. The van der Waals surface area contributed by atoms with E-state index in [1.165, 1.54) is 52.6 Å². The van der Waals surface area contributed by atoms with E-state index in [4.69, 9.17) is 37.8 Å². The number of carbonyl (C=O) groups excluding carboxylic acids is 6. The summed E-state index contributed by atoms with van der Waals surface area (Å²) >= 11 is 12.2. The van der Waals surface area contributed by atoms with Gasteiger partial charge in [0.2, 0.25) is 23.6 Å². The van der Waals surface area contributed by atoms with Crippen LogP contribution in [0.1, 0.15) is 60.7 Å². The zero-order chi connectivity index (χ0) is 44.8. The molecule has 1 saturated heterocycles. The molecule has 14 nitrogen and oxygen atoms in total. The molecule has 0 bridgehead atoms. The molecule has 2 aliphatic rings. The Morgan fingerprint density at radius 1 is 0.833 bits per heavy atom. The Bertz CT molecular complexity index is 2280. The van der Waals surface area contributed by atoms with Crippen molar-refractivity contribution in [1.29, 1.82) is 0 Å². The topological polar surface area (TPSA) is 184 Å². The Kier molecular flexibility index (Phi) is 17.8. The standard InChI is InChI=1S/C17H15ClFNO3.C16H12ClFN2O2.C6H8N2O3.C3H8O/c1-3-16(21)20-14-9-15(23-2)13(19)8-11(14)17(22)10-6-4-5-7-12(10)18;1-22-14-7-13-10(6-12(14)18)16(19-8-15(21)20-13)9-4-2-3-5-11(9)17;1-7-4(9)3-5(10)8(2)6(7)11;1-3(2)4/h4-9H,3H2,1-2H3,(H,20,21);2-7H,8H2,1H3,(H,20,21);3H2,1-2H3;3-4H,1-2H3. The summed E-state index contributed by atoms with van der Waals surface area (Å²) in [6, 6.07) is 18.1. The number of carbonyl (C=O) groups is 6. The van der Waals surface area contributed by atoms with Crippen LogP contribution < -0.4 is 20.1 Å². The maximum atomic E-state index is 14.1. The first kappa shape index (κ1) is 48.1. The Morgan fingerprint density at radius 2 is 1.37 bits per heavy atom. The number of nitrogens with one attached hydrogen (secondary N) is 2. The molecule has 18 heteroatoms. The molecule has 4 aromatic carbocycles. The van der Waals surface area contributed by atoms with Crippen molar-refractivity contribution >= 4 is 75.7 Å². The summed E-state index contributed by atoms with van der Waals surface area (Å²) in [6.45, 7) is 5.06. The molecule has 0 radical (unpaired) electrons. The van der Waals surface area contributed by atoms with Crippen molar-refractivity contribution in [3.8, 4) is 11.5 Å². The highest BCUT2D eigenvalue weighted by Gasteiger charge is 2.32. The van der Waals surface area contributed by atoms with Crippen LogP contribution in [0.25, 0.3) is 0 Å². The number of fused-ring (bicyclic) bond motifs is 1. The molecular formula is C42H43Cl2F2N5O9. The molecule has 1 fully saturated rings. The monoisotopic (exact) mass is 869 g/mol. The number of hydrogen-bond acceptors (Lipinski definition) is 10. The number of methoxy groups -OCH3 is 2. The third-order valence-electron chi connectivity index (χ3n) is 8.21. The fourth-order valence-corrected chi connectivity index (χ4v) is 5.60. The predicted octanol–water partition coefficient (Wildman–Crippen LogP) is 7.16. The normalized spacial score (nSPS) is 13.2. The summed E-state index contributed by atoms with van der Waals surface area (Å²) in [5.74, 6) is -3.19. The zero-order valence-electron chi connectivity index (χ0n) is 33.7. The minimum atomic E-state index is -0.697. The number of imide groups is 2. The lowest BCUT2D eigenvalue weighted by Crippen LogP contribution is -2.51. The Labute approximate surface area is 355 Å². The van der Waals surface area contributed by atoms with Gasteiger partial charge in [0.25, 0.3) is 0 Å². The Balaban J connectivity index is 0.000000242. The van der Waals surface area contributed by atoms with E-state index in [1.807, 2.05) is 6.07 Å². The molecule has 6 rings (SSSR count). The van der Waals surface area contributed by atoms with Gasteiger partial charge in [-0.05, 0) is 44.2 Å². The molecule has 0 saturated carbocycles. The first-order valence-corrected chi connectivity index (χ1v) is 18.8. The zero-order valence-corrected chi connectivity index (χ0v) is 35.2. The van der Waals surface area contributed by atoms with Crippen molar-refractivity contribution in [3.63, 3.8) is 0 Å². The fraction of sp³-hybridized carbons (Fsp3) is 0.262. The number of barbiturate groups is 1. The molecule has 4 aromatic rings. The first-order chi connectivity index (χ1) is 28.3. The third-order valence-corrected chi connectivity index (χ3v) is 8.86. The van der Waals surface area contributed by atoms with Crippen molar-refractivity contribution in [1.82, 2.24) is 9.80 Å². The molecule has 2 heterocycles. The van der Waals surface area contributed by atoms with Crippen LogP contribution in [0.3, 0.4) is 0 Å². The van der Waals surface area contributed by atoms with E-state index in [0.29, 0.717) is 27.5 Å². The van der Waals surface area contributed by atoms with Crippen molar-refractivity contribution in [2.24, 2.45) is 4.99 Å². The second kappa shape index (κ2) is 22.2.